The van der Waals surface area contributed by atoms with E-state index in [1.807, 2.05) is 29.6 Å². The Morgan fingerprint density at radius 1 is 1.10 bits per heavy atom. The number of hydrogen-bond donors (Lipinski definition) is 0. The average molecular weight is 284 g/mol. The van der Waals surface area contributed by atoms with E-state index >= 15 is 0 Å². The summed E-state index contributed by atoms with van der Waals surface area (Å²) in [6.07, 6.45) is 2.15. The van der Waals surface area contributed by atoms with Gasteiger partial charge in [-0.2, -0.15) is 5.10 Å². The van der Waals surface area contributed by atoms with Crippen molar-refractivity contribution >= 4 is 23.0 Å². The van der Waals surface area contributed by atoms with E-state index in [4.69, 9.17) is 0 Å². The van der Waals surface area contributed by atoms with Crippen LogP contribution in [0.1, 0.15) is 23.3 Å². The summed E-state index contributed by atoms with van der Waals surface area (Å²) in [6.45, 7) is 0.651. The van der Waals surface area contributed by atoms with Crippen LogP contribution in [0.5, 0.6) is 0 Å². The third-order valence-electron chi connectivity index (χ3n) is 3.37. The highest BCUT2D eigenvalue weighted by Crippen LogP contribution is 2.19. The minimum Gasteiger partial charge on any atom is -0.273 e. The summed E-state index contributed by atoms with van der Waals surface area (Å²) in [5.74, 6) is 0.126. The van der Waals surface area contributed by atoms with Gasteiger partial charge in [-0.3, -0.25) is 4.79 Å². The Morgan fingerprint density at radius 3 is 2.70 bits per heavy atom. The van der Waals surface area contributed by atoms with Gasteiger partial charge in [-0.15, -0.1) is 11.3 Å². The number of nitrogens with zero attached hydrogens (tertiary/aromatic N) is 2. The summed E-state index contributed by atoms with van der Waals surface area (Å²) in [5, 5.41) is 8.21. The van der Waals surface area contributed by atoms with Crippen LogP contribution in [0.2, 0.25) is 0 Å². The molecular weight excluding hydrogens is 268 g/mol. The molecule has 0 spiro atoms. The molecule has 3 nitrogen and oxygen atoms in total. The number of carbonyl (C=O) groups excluding carboxylic acids is 1. The van der Waals surface area contributed by atoms with E-state index in [1.165, 1.54) is 10.4 Å². The SMILES string of the molecule is O=C1CCC(c2cccs2)=NN1CCc1ccccc1. The molecule has 0 bridgehead atoms. The zero-order valence-electron chi connectivity index (χ0n) is 11.2. The van der Waals surface area contributed by atoms with Crippen molar-refractivity contribution in [2.45, 2.75) is 19.3 Å². The summed E-state index contributed by atoms with van der Waals surface area (Å²) >= 11 is 1.68. The second-order valence-electron chi connectivity index (χ2n) is 4.78. The molecule has 0 unspecified atom stereocenters. The number of thiophene rings is 1. The number of rotatable bonds is 4. The van der Waals surface area contributed by atoms with E-state index in [1.54, 1.807) is 16.3 Å². The molecule has 2 heterocycles. The molecule has 0 N–H and O–H groups in total. The van der Waals surface area contributed by atoms with Crippen molar-refractivity contribution < 1.29 is 4.79 Å². The first kappa shape index (κ1) is 13.1. The zero-order valence-corrected chi connectivity index (χ0v) is 12.0. The van der Waals surface area contributed by atoms with Gasteiger partial charge in [-0.25, -0.2) is 5.01 Å². The normalized spacial score (nSPS) is 15.3. The average Bonchev–Trinajstić information content (AvgIpc) is 3.02. The lowest BCUT2D eigenvalue weighted by Crippen LogP contribution is -2.33. The van der Waals surface area contributed by atoms with Crippen LogP contribution in [0.15, 0.2) is 52.9 Å². The van der Waals surface area contributed by atoms with Crippen molar-refractivity contribution in [3.05, 3.63) is 58.3 Å². The van der Waals surface area contributed by atoms with E-state index in [-0.39, 0.29) is 5.91 Å². The van der Waals surface area contributed by atoms with Gasteiger partial charge in [-0.05, 0) is 23.4 Å². The summed E-state index contributed by atoms with van der Waals surface area (Å²) in [7, 11) is 0. The van der Waals surface area contributed by atoms with E-state index in [0.717, 1.165) is 18.6 Å². The second kappa shape index (κ2) is 6.01. The van der Waals surface area contributed by atoms with Crippen LogP contribution >= 0.6 is 11.3 Å². The van der Waals surface area contributed by atoms with Gasteiger partial charge in [0.25, 0.3) is 0 Å². The molecule has 4 heteroatoms. The van der Waals surface area contributed by atoms with Gasteiger partial charge in [0.05, 0.1) is 10.6 Å². The van der Waals surface area contributed by atoms with Crippen LogP contribution < -0.4 is 0 Å². The van der Waals surface area contributed by atoms with Crippen molar-refractivity contribution in [1.82, 2.24) is 5.01 Å². The van der Waals surface area contributed by atoms with Gasteiger partial charge >= 0.3 is 0 Å². The maximum Gasteiger partial charge on any atom is 0.243 e. The molecule has 2 aromatic rings. The van der Waals surface area contributed by atoms with Crippen molar-refractivity contribution in [3.8, 4) is 0 Å². The van der Waals surface area contributed by atoms with Crippen molar-refractivity contribution in [2.24, 2.45) is 5.10 Å². The van der Waals surface area contributed by atoms with Crippen LogP contribution in [0.3, 0.4) is 0 Å². The molecule has 0 saturated carbocycles. The van der Waals surface area contributed by atoms with Crippen molar-refractivity contribution in [3.63, 3.8) is 0 Å². The van der Waals surface area contributed by atoms with Gasteiger partial charge in [0.1, 0.15) is 0 Å². The molecule has 1 aromatic heterocycles. The number of carbonyl (C=O) groups is 1. The van der Waals surface area contributed by atoms with Crippen molar-refractivity contribution in [1.29, 1.82) is 0 Å². The smallest absolute Gasteiger partial charge is 0.243 e. The standard InChI is InChI=1S/C16H16N2OS/c19-16-9-8-14(15-7-4-12-20-15)17-18(16)11-10-13-5-2-1-3-6-13/h1-7,12H,8-11H2. The van der Waals surface area contributed by atoms with Crippen LogP contribution in [0, 0.1) is 0 Å². The monoisotopic (exact) mass is 284 g/mol. The summed E-state index contributed by atoms with van der Waals surface area (Å²) < 4.78 is 0. The molecule has 0 radical (unpaired) electrons. The van der Waals surface area contributed by atoms with Crippen LogP contribution in [0.25, 0.3) is 0 Å². The lowest BCUT2D eigenvalue weighted by Gasteiger charge is -2.23. The fourth-order valence-corrected chi connectivity index (χ4v) is 3.02. The lowest BCUT2D eigenvalue weighted by molar-refractivity contribution is -0.131. The topological polar surface area (TPSA) is 32.7 Å². The molecule has 0 saturated heterocycles. The highest BCUT2D eigenvalue weighted by Gasteiger charge is 2.21. The number of benzene rings is 1. The van der Waals surface area contributed by atoms with Crippen molar-refractivity contribution in [2.75, 3.05) is 6.54 Å². The predicted molar refractivity (Wildman–Crippen MR) is 81.9 cm³/mol. The molecule has 1 amide bonds. The first-order valence-electron chi connectivity index (χ1n) is 6.78. The van der Waals surface area contributed by atoms with E-state index in [9.17, 15) is 4.79 Å². The quantitative estimate of drug-likeness (QED) is 0.847. The van der Waals surface area contributed by atoms with E-state index in [2.05, 4.69) is 23.3 Å². The molecule has 1 aliphatic heterocycles. The molecular formula is C16H16N2OS. The van der Waals surface area contributed by atoms with Crippen LogP contribution in [0.4, 0.5) is 0 Å². The molecule has 0 fully saturated rings. The first-order valence-corrected chi connectivity index (χ1v) is 7.66. The van der Waals surface area contributed by atoms with Gasteiger partial charge in [0.2, 0.25) is 5.91 Å². The van der Waals surface area contributed by atoms with Gasteiger partial charge < -0.3 is 0 Å². The maximum atomic E-state index is 12.0. The number of hydrazone groups is 1. The summed E-state index contributed by atoms with van der Waals surface area (Å²) in [5.41, 5.74) is 2.27. The van der Waals surface area contributed by atoms with Crippen LogP contribution in [-0.2, 0) is 11.2 Å². The number of hydrogen-bond acceptors (Lipinski definition) is 3. The van der Waals surface area contributed by atoms with E-state index in [0.29, 0.717) is 13.0 Å². The van der Waals surface area contributed by atoms with Gasteiger partial charge in [0.15, 0.2) is 0 Å². The number of amides is 1. The van der Waals surface area contributed by atoms with Gasteiger partial charge in [-0.1, -0.05) is 36.4 Å². The zero-order chi connectivity index (χ0) is 13.8. The summed E-state index contributed by atoms with van der Waals surface area (Å²) in [4.78, 5) is 13.1. The Hall–Kier alpha value is -1.94. The Balaban J connectivity index is 1.71. The van der Waals surface area contributed by atoms with Gasteiger partial charge in [0, 0.05) is 19.4 Å². The molecule has 102 valence electrons. The third-order valence-corrected chi connectivity index (χ3v) is 4.28. The highest BCUT2D eigenvalue weighted by atomic mass is 32.1. The second-order valence-corrected chi connectivity index (χ2v) is 5.72. The third kappa shape index (κ3) is 2.96. The molecule has 0 aliphatic carbocycles. The molecule has 20 heavy (non-hydrogen) atoms. The minimum atomic E-state index is 0.126. The minimum absolute atomic E-state index is 0.126. The summed E-state index contributed by atoms with van der Waals surface area (Å²) in [6, 6.07) is 14.3. The fraction of sp³-hybridized carbons (Fsp3) is 0.250. The molecule has 0 atom stereocenters. The highest BCUT2D eigenvalue weighted by molar-refractivity contribution is 7.12. The Labute approximate surface area is 122 Å². The maximum absolute atomic E-state index is 12.0. The Kier molecular flexibility index (Phi) is 3.92. The largest absolute Gasteiger partial charge is 0.273 e. The predicted octanol–water partition coefficient (Wildman–Crippen LogP) is 3.32. The van der Waals surface area contributed by atoms with E-state index < -0.39 is 0 Å². The van der Waals surface area contributed by atoms with Crippen LogP contribution in [-0.4, -0.2) is 23.2 Å². The lowest BCUT2D eigenvalue weighted by atomic mass is 10.1. The Morgan fingerprint density at radius 2 is 1.95 bits per heavy atom. The molecule has 1 aliphatic rings. The fourth-order valence-electron chi connectivity index (χ4n) is 2.28. The molecule has 1 aromatic carbocycles. The molecule has 3 rings (SSSR count). The Bertz CT molecular complexity index is 605. The first-order chi connectivity index (χ1) is 9.83.